The van der Waals surface area contributed by atoms with Crippen molar-refractivity contribution in [1.29, 1.82) is 0 Å². The van der Waals surface area contributed by atoms with Crippen LogP contribution in [0.25, 0.3) is 0 Å². The fourth-order valence-corrected chi connectivity index (χ4v) is 3.53. The predicted molar refractivity (Wildman–Crippen MR) is 69.5 cm³/mol. The molecule has 0 N–H and O–H groups in total. The van der Waals surface area contributed by atoms with Crippen LogP contribution in [0.1, 0.15) is 40.0 Å². The Hall–Kier alpha value is -1.10. The largest absolute Gasteiger partial charge is 0.371 e. The fraction of sp³-hybridized carbons (Fsp3) is 0.857. The number of carbonyl (C=O) groups is 2. The van der Waals surface area contributed by atoms with E-state index in [4.69, 9.17) is 4.74 Å². The van der Waals surface area contributed by atoms with Crippen molar-refractivity contribution in [2.24, 2.45) is 0 Å². The van der Waals surface area contributed by atoms with Gasteiger partial charge in [-0.2, -0.15) is 0 Å². The van der Waals surface area contributed by atoms with Crippen molar-refractivity contribution in [3.8, 4) is 0 Å². The summed E-state index contributed by atoms with van der Waals surface area (Å²) in [5, 5.41) is 0. The number of piperazine rings is 1. The van der Waals surface area contributed by atoms with Crippen LogP contribution in [0.5, 0.6) is 0 Å². The van der Waals surface area contributed by atoms with Crippen molar-refractivity contribution < 1.29 is 14.3 Å². The number of carbonyl (C=O) groups excluding carboxylic acids is 2. The molecular weight excluding hydrogens is 244 g/mol. The van der Waals surface area contributed by atoms with Gasteiger partial charge in [0, 0.05) is 19.5 Å². The van der Waals surface area contributed by atoms with E-state index in [2.05, 4.69) is 0 Å². The van der Waals surface area contributed by atoms with Crippen LogP contribution in [0.4, 0.5) is 0 Å². The summed E-state index contributed by atoms with van der Waals surface area (Å²) in [7, 11) is 0. The highest BCUT2D eigenvalue weighted by Crippen LogP contribution is 2.34. The Morgan fingerprint density at radius 1 is 1.11 bits per heavy atom. The van der Waals surface area contributed by atoms with Gasteiger partial charge in [0.05, 0.1) is 11.7 Å². The fourth-order valence-electron chi connectivity index (χ4n) is 3.53. The summed E-state index contributed by atoms with van der Waals surface area (Å²) >= 11 is 0. The van der Waals surface area contributed by atoms with Crippen LogP contribution < -0.4 is 0 Å². The first-order chi connectivity index (χ1) is 8.87. The molecule has 0 aromatic heterocycles. The van der Waals surface area contributed by atoms with E-state index < -0.39 is 0 Å². The quantitative estimate of drug-likeness (QED) is 0.704. The van der Waals surface area contributed by atoms with E-state index >= 15 is 0 Å². The highest BCUT2D eigenvalue weighted by molar-refractivity contribution is 5.98. The van der Waals surface area contributed by atoms with E-state index in [1.807, 2.05) is 20.8 Å². The molecule has 0 aliphatic carbocycles. The molecule has 5 nitrogen and oxygen atoms in total. The molecule has 0 saturated carbocycles. The molecular formula is C14H22N2O3. The molecule has 0 aromatic rings. The second-order valence-electron chi connectivity index (χ2n) is 6.78. The molecule has 3 aliphatic rings. The second-order valence-corrected chi connectivity index (χ2v) is 6.78. The Morgan fingerprint density at radius 3 is 2.47 bits per heavy atom. The van der Waals surface area contributed by atoms with Gasteiger partial charge in [-0.1, -0.05) is 0 Å². The summed E-state index contributed by atoms with van der Waals surface area (Å²) in [6.07, 6.45) is 2.40. The van der Waals surface area contributed by atoms with Gasteiger partial charge in [0.1, 0.15) is 12.1 Å². The highest BCUT2D eigenvalue weighted by Gasteiger charge is 2.52. The van der Waals surface area contributed by atoms with Crippen molar-refractivity contribution in [3.05, 3.63) is 0 Å². The van der Waals surface area contributed by atoms with Crippen molar-refractivity contribution in [3.63, 3.8) is 0 Å². The number of hydrogen-bond acceptors (Lipinski definition) is 3. The minimum Gasteiger partial charge on any atom is -0.371 e. The third kappa shape index (κ3) is 2.14. The maximum absolute atomic E-state index is 12.4. The Labute approximate surface area is 113 Å². The normalized spacial score (nSPS) is 34.8. The number of rotatable bonds is 1. The molecule has 106 valence electrons. The van der Waals surface area contributed by atoms with Crippen LogP contribution in [-0.2, 0) is 14.3 Å². The first-order valence-corrected chi connectivity index (χ1v) is 7.15. The zero-order valence-electron chi connectivity index (χ0n) is 11.9. The van der Waals surface area contributed by atoms with E-state index in [0.29, 0.717) is 13.0 Å². The summed E-state index contributed by atoms with van der Waals surface area (Å²) in [4.78, 5) is 28.4. The summed E-state index contributed by atoms with van der Waals surface area (Å²) in [5.74, 6) is 0.254. The zero-order valence-corrected chi connectivity index (χ0v) is 11.9. The van der Waals surface area contributed by atoms with Gasteiger partial charge >= 0.3 is 0 Å². The van der Waals surface area contributed by atoms with E-state index in [1.165, 1.54) is 0 Å². The third-order valence-electron chi connectivity index (χ3n) is 4.17. The predicted octanol–water partition coefficient (Wildman–Crippen LogP) is 0.776. The van der Waals surface area contributed by atoms with Gasteiger partial charge in [-0.3, -0.25) is 9.59 Å². The lowest BCUT2D eigenvalue weighted by atomic mass is 10.1. The molecule has 0 bridgehead atoms. The van der Waals surface area contributed by atoms with Gasteiger partial charge in [-0.05, 0) is 33.6 Å². The van der Waals surface area contributed by atoms with Gasteiger partial charge in [-0.25, -0.2) is 0 Å². The van der Waals surface area contributed by atoms with Gasteiger partial charge in [0.25, 0.3) is 0 Å². The van der Waals surface area contributed by atoms with Crippen LogP contribution in [0.2, 0.25) is 0 Å². The van der Waals surface area contributed by atoms with E-state index in [9.17, 15) is 9.59 Å². The topological polar surface area (TPSA) is 49.9 Å². The van der Waals surface area contributed by atoms with Crippen LogP contribution in [-0.4, -0.2) is 58.5 Å². The lowest BCUT2D eigenvalue weighted by Gasteiger charge is -2.38. The van der Waals surface area contributed by atoms with Gasteiger partial charge in [0.2, 0.25) is 11.8 Å². The standard InChI is InChI=1S/C14H22N2O3/c1-14(2,3)19-9-7-11-13(18)15-6-4-5-10(15)12(17)16(11)8-9/h9-11H,4-8H2,1-3H3/t9-,10+,11+/m1/s1. The van der Waals surface area contributed by atoms with Crippen molar-refractivity contribution in [2.75, 3.05) is 13.1 Å². The molecule has 3 aliphatic heterocycles. The Balaban J connectivity index is 1.77. The molecule has 3 atom stereocenters. The molecule has 0 aromatic carbocycles. The van der Waals surface area contributed by atoms with Crippen LogP contribution in [0, 0.1) is 0 Å². The number of ether oxygens (including phenoxy) is 1. The summed E-state index contributed by atoms with van der Waals surface area (Å²) in [5.41, 5.74) is -0.235. The van der Waals surface area contributed by atoms with Gasteiger partial charge in [-0.15, -0.1) is 0 Å². The molecule has 19 heavy (non-hydrogen) atoms. The maximum Gasteiger partial charge on any atom is 0.246 e. The lowest BCUT2D eigenvalue weighted by Crippen LogP contribution is -2.60. The van der Waals surface area contributed by atoms with E-state index in [1.54, 1.807) is 9.80 Å². The van der Waals surface area contributed by atoms with Crippen LogP contribution in [0.15, 0.2) is 0 Å². The smallest absolute Gasteiger partial charge is 0.246 e. The Kier molecular flexibility index (Phi) is 2.85. The molecule has 0 spiro atoms. The molecule has 0 radical (unpaired) electrons. The minimum absolute atomic E-state index is 0.0158. The minimum atomic E-state index is -0.283. The third-order valence-corrected chi connectivity index (χ3v) is 4.17. The summed E-state index contributed by atoms with van der Waals surface area (Å²) < 4.78 is 5.94. The lowest BCUT2D eigenvalue weighted by molar-refractivity contribution is -0.157. The highest BCUT2D eigenvalue weighted by atomic mass is 16.5. The number of amides is 2. The zero-order chi connectivity index (χ0) is 13.8. The van der Waals surface area contributed by atoms with Crippen molar-refractivity contribution in [2.45, 2.75) is 63.8 Å². The number of nitrogens with zero attached hydrogens (tertiary/aromatic N) is 2. The first kappa shape index (κ1) is 12.9. The van der Waals surface area contributed by atoms with Gasteiger partial charge < -0.3 is 14.5 Å². The molecule has 3 heterocycles. The van der Waals surface area contributed by atoms with Gasteiger partial charge in [0.15, 0.2) is 0 Å². The average molecular weight is 266 g/mol. The molecule has 2 amide bonds. The molecule has 5 heteroatoms. The van der Waals surface area contributed by atoms with Crippen molar-refractivity contribution in [1.82, 2.24) is 9.80 Å². The number of fused-ring (bicyclic) bond motifs is 2. The van der Waals surface area contributed by atoms with E-state index in [-0.39, 0.29) is 35.6 Å². The Morgan fingerprint density at radius 2 is 1.79 bits per heavy atom. The van der Waals surface area contributed by atoms with E-state index in [0.717, 1.165) is 19.4 Å². The Bertz CT molecular complexity index is 385. The molecule has 3 saturated heterocycles. The summed E-state index contributed by atoms with van der Waals surface area (Å²) in [6, 6.07) is -0.480. The molecule has 3 fully saturated rings. The SMILES string of the molecule is CC(C)(C)O[C@@H]1C[C@H]2C(=O)N3CCC[C@H]3C(=O)N2C1. The van der Waals surface area contributed by atoms with Crippen LogP contribution in [0.3, 0.4) is 0 Å². The molecule has 3 rings (SSSR count). The summed E-state index contributed by atoms with van der Waals surface area (Å²) in [6.45, 7) is 7.33. The average Bonchev–Trinajstić information content (AvgIpc) is 2.89. The second kappa shape index (κ2) is 4.20. The number of hydrogen-bond donors (Lipinski definition) is 0. The first-order valence-electron chi connectivity index (χ1n) is 7.15. The molecule has 0 unspecified atom stereocenters. The van der Waals surface area contributed by atoms with Crippen LogP contribution >= 0.6 is 0 Å². The monoisotopic (exact) mass is 266 g/mol. The maximum atomic E-state index is 12.4. The van der Waals surface area contributed by atoms with Crippen molar-refractivity contribution >= 4 is 11.8 Å².